The van der Waals surface area contributed by atoms with Gasteiger partial charge in [0.25, 0.3) is 5.91 Å². The van der Waals surface area contributed by atoms with Crippen molar-refractivity contribution in [2.75, 3.05) is 45.7 Å². The van der Waals surface area contributed by atoms with Gasteiger partial charge in [0.05, 0.1) is 28.7 Å². The fourth-order valence-corrected chi connectivity index (χ4v) is 4.17. The van der Waals surface area contributed by atoms with Crippen molar-refractivity contribution < 1.29 is 9.53 Å². The van der Waals surface area contributed by atoms with Crippen molar-refractivity contribution in [3.8, 4) is 17.5 Å². The normalized spacial score (nSPS) is 14.2. The third kappa shape index (κ3) is 5.31. The highest BCUT2D eigenvalue weighted by atomic mass is 16.5. The van der Waals surface area contributed by atoms with Crippen LogP contribution in [0.4, 0.5) is 11.6 Å². The predicted octanol–water partition coefficient (Wildman–Crippen LogP) is 3.07. The maximum Gasteiger partial charge on any atom is 0.255 e. The summed E-state index contributed by atoms with van der Waals surface area (Å²) in [4.78, 5) is 30.5. The number of anilines is 2. The van der Waals surface area contributed by atoms with Crippen LogP contribution >= 0.6 is 0 Å². The lowest BCUT2D eigenvalue weighted by Crippen LogP contribution is -2.47. The molecule has 1 N–H and O–H groups in total. The Morgan fingerprint density at radius 2 is 1.97 bits per heavy atom. The number of aromatic nitrogens is 4. The van der Waals surface area contributed by atoms with Crippen molar-refractivity contribution in [1.82, 2.24) is 29.3 Å². The topological polar surface area (TPSA) is 112 Å². The summed E-state index contributed by atoms with van der Waals surface area (Å²) in [6.07, 6.45) is 3.46. The Hall–Kier alpha value is -3.81. The van der Waals surface area contributed by atoms with Gasteiger partial charge >= 0.3 is 0 Å². The number of rotatable bonds is 7. The molecule has 0 spiro atoms. The highest BCUT2D eigenvalue weighted by Crippen LogP contribution is 2.25. The fourth-order valence-electron chi connectivity index (χ4n) is 4.17. The Bertz CT molecular complexity index is 1240. The van der Waals surface area contributed by atoms with Gasteiger partial charge in [-0.3, -0.25) is 4.79 Å². The average molecular weight is 475 g/mol. The molecule has 1 aliphatic heterocycles. The van der Waals surface area contributed by atoms with Crippen LogP contribution in [0.5, 0.6) is 0 Å². The monoisotopic (exact) mass is 474 g/mol. The zero-order valence-electron chi connectivity index (χ0n) is 20.5. The van der Waals surface area contributed by atoms with Crippen LogP contribution in [-0.2, 0) is 11.3 Å². The zero-order valence-corrected chi connectivity index (χ0v) is 20.5. The largest absolute Gasteiger partial charge is 0.377 e. The molecule has 3 heterocycles. The van der Waals surface area contributed by atoms with Crippen LogP contribution in [0.3, 0.4) is 0 Å². The number of imidazole rings is 1. The lowest BCUT2D eigenvalue weighted by Gasteiger charge is -2.32. The second-order valence-electron chi connectivity index (χ2n) is 8.81. The first-order chi connectivity index (χ1) is 16.9. The molecule has 4 rings (SSSR count). The fraction of sp³-hybridized carbons (Fsp3) is 0.400. The average Bonchev–Trinajstić information content (AvgIpc) is 3.28. The molecule has 0 atom stereocenters. The summed E-state index contributed by atoms with van der Waals surface area (Å²) in [7, 11) is 3.68. The standard InChI is InChI=1S/C25H30N8O2/c1-17(2)33-22(15-28-23(33)16-35-4)21-7-8-27-25(30-21)29-19-5-6-20(18(13-19)14-26)24(34)32-11-9-31(3)10-12-32/h5-8,13,15,17H,9-12,16H2,1-4H3,(H,27,29,30). The van der Waals surface area contributed by atoms with Gasteiger partial charge in [0, 0.05) is 51.2 Å². The molecular formula is C25H30N8O2. The number of carbonyl (C=O) groups excluding carboxylic acids is 1. The number of amides is 1. The van der Waals surface area contributed by atoms with E-state index in [1.165, 1.54) is 0 Å². The number of ether oxygens (including phenoxy) is 1. The molecule has 35 heavy (non-hydrogen) atoms. The van der Waals surface area contributed by atoms with Crippen molar-refractivity contribution in [2.45, 2.75) is 26.5 Å². The zero-order chi connectivity index (χ0) is 24.9. The maximum absolute atomic E-state index is 13.0. The second-order valence-corrected chi connectivity index (χ2v) is 8.81. The van der Waals surface area contributed by atoms with Crippen LogP contribution < -0.4 is 5.32 Å². The number of nitriles is 1. The molecule has 0 radical (unpaired) electrons. The Kier molecular flexibility index (Phi) is 7.39. The molecule has 0 bridgehead atoms. The third-order valence-electron chi connectivity index (χ3n) is 6.00. The molecule has 0 aliphatic carbocycles. The molecule has 0 saturated carbocycles. The predicted molar refractivity (Wildman–Crippen MR) is 132 cm³/mol. The summed E-state index contributed by atoms with van der Waals surface area (Å²) >= 11 is 0. The molecule has 1 saturated heterocycles. The molecule has 1 aliphatic rings. The number of hydrogen-bond acceptors (Lipinski definition) is 8. The van der Waals surface area contributed by atoms with E-state index in [1.807, 2.05) is 13.1 Å². The Balaban J connectivity index is 1.56. The van der Waals surface area contributed by atoms with E-state index < -0.39 is 0 Å². The van der Waals surface area contributed by atoms with Crippen LogP contribution in [0.1, 0.15) is 41.6 Å². The van der Waals surface area contributed by atoms with Gasteiger partial charge in [-0.15, -0.1) is 0 Å². The molecule has 10 nitrogen and oxygen atoms in total. The number of hydrogen-bond donors (Lipinski definition) is 1. The summed E-state index contributed by atoms with van der Waals surface area (Å²) in [5.41, 5.74) is 2.93. The van der Waals surface area contributed by atoms with E-state index in [1.54, 1.807) is 42.6 Å². The van der Waals surface area contributed by atoms with Crippen LogP contribution in [0.15, 0.2) is 36.7 Å². The van der Waals surface area contributed by atoms with E-state index in [-0.39, 0.29) is 11.9 Å². The minimum Gasteiger partial charge on any atom is -0.377 e. The van der Waals surface area contributed by atoms with E-state index in [0.717, 1.165) is 24.6 Å². The number of piperazine rings is 1. The lowest BCUT2D eigenvalue weighted by molar-refractivity contribution is 0.0664. The van der Waals surface area contributed by atoms with E-state index >= 15 is 0 Å². The van der Waals surface area contributed by atoms with Crippen LogP contribution in [-0.4, -0.2) is 75.6 Å². The van der Waals surface area contributed by atoms with Gasteiger partial charge in [-0.2, -0.15) is 5.26 Å². The van der Waals surface area contributed by atoms with E-state index in [0.29, 0.717) is 48.2 Å². The van der Waals surface area contributed by atoms with E-state index in [9.17, 15) is 10.1 Å². The molecule has 182 valence electrons. The Labute approximate surface area is 205 Å². The van der Waals surface area contributed by atoms with Gasteiger partial charge in [-0.1, -0.05) is 0 Å². The van der Waals surface area contributed by atoms with Crippen molar-refractivity contribution in [3.63, 3.8) is 0 Å². The summed E-state index contributed by atoms with van der Waals surface area (Å²) in [5, 5.41) is 12.9. The van der Waals surface area contributed by atoms with Gasteiger partial charge in [-0.05, 0) is 45.2 Å². The first-order valence-electron chi connectivity index (χ1n) is 11.6. The van der Waals surface area contributed by atoms with Gasteiger partial charge in [0.15, 0.2) is 0 Å². The molecule has 0 unspecified atom stereocenters. The van der Waals surface area contributed by atoms with Crippen molar-refractivity contribution in [2.24, 2.45) is 0 Å². The molecule has 10 heteroatoms. The number of likely N-dealkylation sites (N-methyl/N-ethyl adjacent to an activating group) is 1. The van der Waals surface area contributed by atoms with Crippen LogP contribution in [0.2, 0.25) is 0 Å². The highest BCUT2D eigenvalue weighted by molar-refractivity contribution is 5.97. The van der Waals surface area contributed by atoms with Crippen molar-refractivity contribution in [3.05, 3.63) is 53.6 Å². The summed E-state index contributed by atoms with van der Waals surface area (Å²) in [6.45, 7) is 7.52. The maximum atomic E-state index is 13.0. The molecule has 1 amide bonds. The molecular weight excluding hydrogens is 444 g/mol. The highest BCUT2D eigenvalue weighted by Gasteiger charge is 2.23. The number of benzene rings is 1. The first-order valence-corrected chi connectivity index (χ1v) is 11.6. The molecule has 1 fully saturated rings. The van der Waals surface area contributed by atoms with Crippen molar-refractivity contribution in [1.29, 1.82) is 5.26 Å². The lowest BCUT2D eigenvalue weighted by atomic mass is 10.1. The number of carbonyl (C=O) groups is 1. The van der Waals surface area contributed by atoms with Gasteiger partial charge < -0.3 is 24.4 Å². The van der Waals surface area contributed by atoms with Gasteiger partial charge in [-0.25, -0.2) is 15.0 Å². The van der Waals surface area contributed by atoms with Crippen molar-refractivity contribution >= 4 is 17.5 Å². The molecule has 2 aromatic heterocycles. The van der Waals surface area contributed by atoms with Gasteiger partial charge in [0.1, 0.15) is 18.5 Å². The van der Waals surface area contributed by atoms with Crippen LogP contribution in [0, 0.1) is 11.3 Å². The number of nitrogens with one attached hydrogen (secondary N) is 1. The number of methoxy groups -OCH3 is 1. The summed E-state index contributed by atoms with van der Waals surface area (Å²) in [6, 6.07) is 9.29. The van der Waals surface area contributed by atoms with E-state index in [2.05, 4.69) is 49.7 Å². The first kappa shape index (κ1) is 24.3. The van der Waals surface area contributed by atoms with Crippen LogP contribution in [0.25, 0.3) is 11.4 Å². The quantitative estimate of drug-likeness (QED) is 0.556. The number of nitrogens with zero attached hydrogens (tertiary/aromatic N) is 7. The molecule has 1 aromatic carbocycles. The van der Waals surface area contributed by atoms with Gasteiger partial charge in [0.2, 0.25) is 5.95 Å². The molecule has 3 aromatic rings. The summed E-state index contributed by atoms with van der Waals surface area (Å²) in [5.74, 6) is 1.09. The van der Waals surface area contributed by atoms with E-state index in [4.69, 9.17) is 4.74 Å². The minimum absolute atomic E-state index is 0.117. The minimum atomic E-state index is -0.117. The SMILES string of the molecule is COCc1ncc(-c2ccnc(Nc3ccc(C(=O)N4CCN(C)CC4)c(C#N)c3)n2)n1C(C)C. The summed E-state index contributed by atoms with van der Waals surface area (Å²) < 4.78 is 7.36. The Morgan fingerprint density at radius 3 is 2.66 bits per heavy atom. The Morgan fingerprint density at radius 1 is 1.20 bits per heavy atom. The second kappa shape index (κ2) is 10.6. The third-order valence-corrected chi connectivity index (χ3v) is 6.00. The smallest absolute Gasteiger partial charge is 0.255 e.